The van der Waals surface area contributed by atoms with Crippen molar-refractivity contribution in [3.05, 3.63) is 33.9 Å². The first-order valence-corrected chi connectivity index (χ1v) is 5.13. The number of aromatic hydroxyl groups is 1. The van der Waals surface area contributed by atoms with Crippen molar-refractivity contribution in [2.24, 2.45) is 11.1 Å². The summed E-state index contributed by atoms with van der Waals surface area (Å²) in [7, 11) is 0. The second-order valence-electron chi connectivity index (χ2n) is 4.63. The van der Waals surface area contributed by atoms with Gasteiger partial charge in [-0.3, -0.25) is 10.1 Å². The maximum absolute atomic E-state index is 10.7. The molecule has 1 rings (SSSR count). The molecule has 18 heavy (non-hydrogen) atoms. The van der Waals surface area contributed by atoms with E-state index in [1.807, 2.05) is 0 Å². The van der Waals surface area contributed by atoms with E-state index in [4.69, 9.17) is 5.73 Å². The number of benzene rings is 1. The summed E-state index contributed by atoms with van der Waals surface area (Å²) in [5.41, 5.74) is 5.47. The van der Waals surface area contributed by atoms with Crippen LogP contribution in [0, 0.1) is 15.5 Å². The topological polar surface area (TPSA) is 110 Å². The number of nitro benzene ring substituents is 1. The molecule has 0 aliphatic heterocycles. The van der Waals surface area contributed by atoms with E-state index in [0.29, 0.717) is 5.56 Å². The molecule has 1 atom stereocenters. The molecule has 0 spiro atoms. The Morgan fingerprint density at radius 2 is 2.06 bits per heavy atom. The molecule has 7 heteroatoms. The van der Waals surface area contributed by atoms with Crippen LogP contribution in [0.15, 0.2) is 18.2 Å². The largest absolute Gasteiger partial charge is 0.502 e. The molecule has 0 saturated carbocycles. The lowest BCUT2D eigenvalue weighted by atomic mass is 9.82. The van der Waals surface area contributed by atoms with Crippen molar-refractivity contribution in [1.29, 1.82) is 0 Å². The summed E-state index contributed by atoms with van der Waals surface area (Å²) in [6, 6.07) is 3.44. The van der Waals surface area contributed by atoms with Gasteiger partial charge in [-0.15, -0.1) is 12.4 Å². The highest BCUT2D eigenvalue weighted by atomic mass is 35.5. The maximum atomic E-state index is 10.7. The summed E-state index contributed by atoms with van der Waals surface area (Å²) >= 11 is 0. The Labute approximate surface area is 111 Å². The minimum atomic E-state index is -0.669. The highest BCUT2D eigenvalue weighted by molar-refractivity contribution is 5.85. The fourth-order valence-electron chi connectivity index (χ4n) is 1.43. The number of nitrogens with two attached hydrogens (primary N) is 1. The molecule has 0 amide bonds. The van der Waals surface area contributed by atoms with Gasteiger partial charge in [0, 0.05) is 24.1 Å². The van der Waals surface area contributed by atoms with E-state index in [0.717, 1.165) is 0 Å². The van der Waals surface area contributed by atoms with Crippen LogP contribution in [-0.4, -0.2) is 21.7 Å². The summed E-state index contributed by atoms with van der Waals surface area (Å²) in [6.45, 7) is 3.38. The summed E-state index contributed by atoms with van der Waals surface area (Å²) in [6.07, 6.45) is 0. The first kappa shape index (κ1) is 16.6. The van der Waals surface area contributed by atoms with Crippen molar-refractivity contribution in [3.63, 3.8) is 0 Å². The highest BCUT2D eigenvalue weighted by Gasteiger charge is 2.28. The number of hydrogen-bond donors (Lipinski definition) is 3. The molecule has 0 heterocycles. The molecule has 1 aromatic rings. The molecule has 0 aromatic heterocycles. The minimum Gasteiger partial charge on any atom is -0.502 e. The Bertz CT molecular complexity index is 437. The number of aliphatic hydroxyl groups is 1. The number of hydrogen-bond acceptors (Lipinski definition) is 5. The smallest absolute Gasteiger partial charge is 0.311 e. The van der Waals surface area contributed by atoms with E-state index in [2.05, 4.69) is 0 Å². The molecule has 102 valence electrons. The van der Waals surface area contributed by atoms with Gasteiger partial charge in [0.25, 0.3) is 0 Å². The van der Waals surface area contributed by atoms with Crippen LogP contribution < -0.4 is 5.73 Å². The number of phenols is 1. The standard InChI is InChI=1S/C11H16N2O4.ClH/c1-11(2,6-14)10(12)7-3-4-9(15)8(5-7)13(16)17;/h3-5,10,14-15H,6,12H2,1-2H3;1H/t10-;/m0./s1. The van der Waals surface area contributed by atoms with Crippen LogP contribution in [0.5, 0.6) is 5.75 Å². The van der Waals surface area contributed by atoms with E-state index in [-0.39, 0.29) is 24.7 Å². The number of phenolic OH excluding ortho intramolecular Hbond substituents is 1. The van der Waals surface area contributed by atoms with Gasteiger partial charge in [0.15, 0.2) is 5.75 Å². The van der Waals surface area contributed by atoms with Crippen molar-refractivity contribution in [3.8, 4) is 5.75 Å². The molecule has 0 aliphatic carbocycles. The van der Waals surface area contributed by atoms with Gasteiger partial charge in [-0.05, 0) is 11.6 Å². The van der Waals surface area contributed by atoms with Gasteiger partial charge >= 0.3 is 5.69 Å². The average Bonchev–Trinajstić information content (AvgIpc) is 2.28. The lowest BCUT2D eigenvalue weighted by Gasteiger charge is -2.29. The lowest BCUT2D eigenvalue weighted by molar-refractivity contribution is -0.385. The predicted octanol–water partition coefficient (Wildman–Crippen LogP) is 1.74. The van der Waals surface area contributed by atoms with Crippen molar-refractivity contribution >= 4 is 18.1 Å². The van der Waals surface area contributed by atoms with Crippen LogP contribution in [0.1, 0.15) is 25.5 Å². The molecule has 0 radical (unpaired) electrons. The molecule has 0 fully saturated rings. The van der Waals surface area contributed by atoms with Crippen molar-refractivity contribution < 1.29 is 15.1 Å². The Morgan fingerprint density at radius 1 is 1.50 bits per heavy atom. The van der Waals surface area contributed by atoms with Crippen LogP contribution in [0.3, 0.4) is 0 Å². The molecule has 0 bridgehead atoms. The third-order valence-corrected chi connectivity index (χ3v) is 2.80. The van der Waals surface area contributed by atoms with Crippen molar-refractivity contribution in [2.45, 2.75) is 19.9 Å². The number of nitro groups is 1. The lowest BCUT2D eigenvalue weighted by Crippen LogP contribution is -2.32. The Kier molecular flexibility index (Phi) is 5.54. The molecular formula is C11H17ClN2O4. The highest BCUT2D eigenvalue weighted by Crippen LogP contribution is 2.35. The van der Waals surface area contributed by atoms with Gasteiger partial charge in [0.2, 0.25) is 0 Å². The van der Waals surface area contributed by atoms with Gasteiger partial charge in [0.05, 0.1) is 4.92 Å². The van der Waals surface area contributed by atoms with Gasteiger partial charge in [-0.1, -0.05) is 19.9 Å². The Hall–Kier alpha value is -1.37. The second-order valence-corrected chi connectivity index (χ2v) is 4.63. The number of nitrogens with zero attached hydrogens (tertiary/aromatic N) is 1. The number of halogens is 1. The molecule has 0 unspecified atom stereocenters. The first-order chi connectivity index (χ1) is 7.79. The predicted molar refractivity (Wildman–Crippen MR) is 69.8 cm³/mol. The molecule has 1 aromatic carbocycles. The van der Waals surface area contributed by atoms with Gasteiger partial charge in [-0.25, -0.2) is 0 Å². The summed E-state index contributed by atoms with van der Waals surface area (Å²) in [5.74, 6) is -0.396. The van der Waals surface area contributed by atoms with Crippen LogP contribution in [-0.2, 0) is 0 Å². The van der Waals surface area contributed by atoms with E-state index < -0.39 is 22.1 Å². The van der Waals surface area contributed by atoms with Crippen LogP contribution >= 0.6 is 12.4 Å². The average molecular weight is 277 g/mol. The molecule has 0 aliphatic rings. The normalized spacial score (nSPS) is 12.7. The third-order valence-electron chi connectivity index (χ3n) is 2.80. The van der Waals surface area contributed by atoms with Gasteiger partial charge < -0.3 is 15.9 Å². The zero-order chi connectivity index (χ0) is 13.2. The van der Waals surface area contributed by atoms with E-state index in [9.17, 15) is 20.3 Å². The fraction of sp³-hybridized carbons (Fsp3) is 0.455. The van der Waals surface area contributed by atoms with E-state index in [1.54, 1.807) is 13.8 Å². The quantitative estimate of drug-likeness (QED) is 0.573. The zero-order valence-electron chi connectivity index (χ0n) is 10.2. The van der Waals surface area contributed by atoms with Gasteiger partial charge in [-0.2, -0.15) is 0 Å². The molecule has 6 nitrogen and oxygen atoms in total. The Balaban J connectivity index is 0.00000289. The molecule has 0 saturated heterocycles. The van der Waals surface area contributed by atoms with E-state index in [1.165, 1.54) is 18.2 Å². The van der Waals surface area contributed by atoms with Crippen LogP contribution in [0.25, 0.3) is 0 Å². The minimum absolute atomic E-state index is 0. The SMILES string of the molecule is CC(C)(CO)[C@@H](N)c1ccc(O)c([N+](=O)[O-])c1.Cl. The molecule has 4 N–H and O–H groups in total. The first-order valence-electron chi connectivity index (χ1n) is 5.13. The van der Waals surface area contributed by atoms with Gasteiger partial charge in [0.1, 0.15) is 0 Å². The number of aliphatic hydroxyl groups excluding tert-OH is 1. The zero-order valence-corrected chi connectivity index (χ0v) is 11.0. The van der Waals surface area contributed by atoms with Crippen LogP contribution in [0.4, 0.5) is 5.69 Å². The fourth-order valence-corrected chi connectivity index (χ4v) is 1.43. The monoisotopic (exact) mass is 276 g/mol. The number of rotatable bonds is 4. The third kappa shape index (κ3) is 3.32. The van der Waals surface area contributed by atoms with E-state index >= 15 is 0 Å². The molecular weight excluding hydrogens is 260 g/mol. The summed E-state index contributed by atoms with van der Waals surface area (Å²) in [4.78, 5) is 10.0. The second kappa shape index (κ2) is 5.99. The van der Waals surface area contributed by atoms with Crippen molar-refractivity contribution in [2.75, 3.05) is 6.61 Å². The maximum Gasteiger partial charge on any atom is 0.311 e. The van der Waals surface area contributed by atoms with Crippen LogP contribution in [0.2, 0.25) is 0 Å². The summed E-state index contributed by atoms with van der Waals surface area (Å²) < 4.78 is 0. The van der Waals surface area contributed by atoms with Crippen molar-refractivity contribution in [1.82, 2.24) is 0 Å². The Morgan fingerprint density at radius 3 is 2.50 bits per heavy atom. The summed E-state index contributed by atoms with van der Waals surface area (Å²) in [5, 5.41) is 29.2.